The fraction of sp³-hybridized carbons (Fsp3) is 0.692. The van der Waals surface area contributed by atoms with E-state index in [1.165, 1.54) is 0 Å². The summed E-state index contributed by atoms with van der Waals surface area (Å²) in [5.74, 6) is 4.75. The van der Waals surface area contributed by atoms with Gasteiger partial charge in [0.15, 0.2) is 0 Å². The number of hydrogen-bond acceptors (Lipinski definition) is 4. The molecule has 2 N–H and O–H groups in total. The lowest BCUT2D eigenvalue weighted by atomic mass is 10.1. The van der Waals surface area contributed by atoms with Crippen LogP contribution in [-0.2, 0) is 12.2 Å². The van der Waals surface area contributed by atoms with Gasteiger partial charge in [0, 0.05) is 11.8 Å². The quantitative estimate of drug-likeness (QED) is 0.846. The number of hydrogen-bond donors (Lipinski definition) is 1. The molecule has 0 atom stereocenters. The smallest absolute Gasteiger partial charge is 0.140 e. The molecule has 0 fully saturated rings. The van der Waals surface area contributed by atoms with Crippen molar-refractivity contribution in [2.75, 3.05) is 11.5 Å². The summed E-state index contributed by atoms with van der Waals surface area (Å²) in [5, 5.41) is 0. The Labute approximate surface area is 109 Å². The van der Waals surface area contributed by atoms with Gasteiger partial charge in [-0.3, -0.25) is 0 Å². The highest BCUT2D eigenvalue weighted by atomic mass is 32.2. The molecular formula is C13H23N3S. The minimum absolute atomic E-state index is 0.593. The maximum Gasteiger partial charge on any atom is 0.140 e. The minimum atomic E-state index is 0.593. The van der Waals surface area contributed by atoms with Crippen LogP contribution in [0.5, 0.6) is 0 Å². The Bertz CT molecular complexity index is 351. The molecule has 0 unspecified atom stereocenters. The van der Waals surface area contributed by atoms with Crippen molar-refractivity contribution in [3.63, 3.8) is 0 Å². The largest absolute Gasteiger partial charge is 0.384 e. The van der Waals surface area contributed by atoms with E-state index in [1.807, 2.05) is 17.8 Å². The summed E-state index contributed by atoms with van der Waals surface area (Å²) in [6.07, 6.45) is 0.967. The average molecular weight is 253 g/mol. The third-order valence-corrected chi connectivity index (χ3v) is 3.51. The Hall–Kier alpha value is -0.770. The monoisotopic (exact) mass is 253 g/mol. The third kappa shape index (κ3) is 5.91. The molecule has 0 amide bonds. The molecule has 0 spiro atoms. The molecule has 1 rings (SSSR count). The van der Waals surface area contributed by atoms with Crippen molar-refractivity contribution in [1.82, 2.24) is 9.97 Å². The maximum absolute atomic E-state index is 5.81. The van der Waals surface area contributed by atoms with E-state index in [0.717, 1.165) is 29.4 Å². The molecule has 0 aliphatic carbocycles. The minimum Gasteiger partial charge on any atom is -0.384 e. The Morgan fingerprint density at radius 1 is 1.18 bits per heavy atom. The lowest BCUT2D eigenvalue weighted by Gasteiger charge is -2.08. The van der Waals surface area contributed by atoms with Gasteiger partial charge in [-0.2, -0.15) is 11.8 Å². The summed E-state index contributed by atoms with van der Waals surface area (Å²) >= 11 is 1.87. The first kappa shape index (κ1) is 14.3. The van der Waals surface area contributed by atoms with Crippen LogP contribution in [0.3, 0.4) is 0 Å². The lowest BCUT2D eigenvalue weighted by molar-refractivity contribution is 0.632. The van der Waals surface area contributed by atoms with Gasteiger partial charge in [0.2, 0.25) is 0 Å². The van der Waals surface area contributed by atoms with E-state index in [-0.39, 0.29) is 0 Å². The number of thioether (sulfide) groups is 1. The highest BCUT2D eigenvalue weighted by Gasteiger charge is 2.05. The van der Waals surface area contributed by atoms with Crippen LogP contribution in [0.25, 0.3) is 0 Å². The van der Waals surface area contributed by atoms with Gasteiger partial charge in [0.05, 0.1) is 5.75 Å². The van der Waals surface area contributed by atoms with Crippen molar-refractivity contribution in [2.24, 2.45) is 11.8 Å². The van der Waals surface area contributed by atoms with Gasteiger partial charge in [0.25, 0.3) is 0 Å². The Morgan fingerprint density at radius 3 is 2.47 bits per heavy atom. The number of rotatable bonds is 6. The van der Waals surface area contributed by atoms with Crippen molar-refractivity contribution in [2.45, 2.75) is 39.9 Å². The van der Waals surface area contributed by atoms with Gasteiger partial charge in [-0.25, -0.2) is 9.97 Å². The number of aromatic nitrogens is 2. The van der Waals surface area contributed by atoms with Crippen molar-refractivity contribution in [3.8, 4) is 0 Å². The molecule has 0 aromatic carbocycles. The molecule has 1 aromatic heterocycles. The Kier molecular flexibility index (Phi) is 5.75. The molecule has 0 aliphatic rings. The second-order valence-corrected chi connectivity index (χ2v) is 6.24. The molecule has 0 saturated heterocycles. The predicted octanol–water partition coefficient (Wildman–Crippen LogP) is 3.15. The van der Waals surface area contributed by atoms with Crippen molar-refractivity contribution in [3.05, 3.63) is 17.6 Å². The SMILES string of the molecule is CC(C)CSCc1nc(N)cc(CC(C)C)n1. The summed E-state index contributed by atoms with van der Waals surface area (Å²) in [5.41, 5.74) is 6.87. The Balaban J connectivity index is 2.62. The molecule has 3 nitrogen and oxygen atoms in total. The summed E-state index contributed by atoms with van der Waals surface area (Å²) in [6, 6.07) is 1.89. The molecule has 96 valence electrons. The third-order valence-electron chi connectivity index (χ3n) is 2.15. The van der Waals surface area contributed by atoms with Gasteiger partial charge < -0.3 is 5.73 Å². The van der Waals surface area contributed by atoms with Gasteiger partial charge >= 0.3 is 0 Å². The van der Waals surface area contributed by atoms with Gasteiger partial charge in [-0.1, -0.05) is 27.7 Å². The fourth-order valence-corrected chi connectivity index (χ4v) is 2.45. The molecule has 1 heterocycles. The van der Waals surface area contributed by atoms with Crippen LogP contribution in [0, 0.1) is 11.8 Å². The topological polar surface area (TPSA) is 51.8 Å². The molecule has 0 saturated carbocycles. The summed E-state index contributed by atoms with van der Waals surface area (Å²) in [7, 11) is 0. The van der Waals surface area contributed by atoms with E-state index in [1.54, 1.807) is 0 Å². The zero-order valence-corrected chi connectivity index (χ0v) is 12.0. The molecule has 1 aromatic rings. The first-order valence-corrected chi connectivity index (χ1v) is 7.33. The standard InChI is InChI=1S/C13H23N3S/c1-9(2)5-11-6-12(14)16-13(15-11)8-17-7-10(3)4/h6,9-10H,5,7-8H2,1-4H3,(H2,14,15,16). The fourth-order valence-electron chi connectivity index (χ4n) is 1.55. The molecule has 4 heteroatoms. The van der Waals surface area contributed by atoms with E-state index in [4.69, 9.17) is 5.73 Å². The zero-order chi connectivity index (χ0) is 12.8. The normalized spacial score (nSPS) is 11.4. The molecule has 0 aliphatic heterocycles. The highest BCUT2D eigenvalue weighted by Crippen LogP contribution is 2.15. The second kappa shape index (κ2) is 6.84. The maximum atomic E-state index is 5.81. The average Bonchev–Trinajstić information content (AvgIpc) is 2.14. The van der Waals surface area contributed by atoms with Crippen LogP contribution in [0.15, 0.2) is 6.07 Å². The first-order chi connectivity index (χ1) is 7.97. The summed E-state index contributed by atoms with van der Waals surface area (Å²) in [6.45, 7) is 8.81. The van der Waals surface area contributed by atoms with Crippen molar-refractivity contribution >= 4 is 17.6 Å². The van der Waals surface area contributed by atoms with E-state index in [2.05, 4.69) is 37.7 Å². The van der Waals surface area contributed by atoms with E-state index in [0.29, 0.717) is 17.7 Å². The van der Waals surface area contributed by atoms with Crippen molar-refractivity contribution < 1.29 is 0 Å². The number of nitrogens with zero attached hydrogens (tertiary/aromatic N) is 2. The summed E-state index contributed by atoms with van der Waals surface area (Å²) < 4.78 is 0. The van der Waals surface area contributed by atoms with Crippen molar-refractivity contribution in [1.29, 1.82) is 0 Å². The number of nitrogen functional groups attached to an aromatic ring is 1. The van der Waals surface area contributed by atoms with Crippen LogP contribution < -0.4 is 5.73 Å². The number of nitrogens with two attached hydrogens (primary N) is 1. The molecule has 17 heavy (non-hydrogen) atoms. The van der Waals surface area contributed by atoms with Crippen LogP contribution in [0.2, 0.25) is 0 Å². The van der Waals surface area contributed by atoms with Crippen LogP contribution in [0.1, 0.15) is 39.2 Å². The predicted molar refractivity (Wildman–Crippen MR) is 76.0 cm³/mol. The van der Waals surface area contributed by atoms with Gasteiger partial charge in [-0.05, 0) is 24.0 Å². The van der Waals surface area contributed by atoms with E-state index >= 15 is 0 Å². The zero-order valence-electron chi connectivity index (χ0n) is 11.2. The van der Waals surface area contributed by atoms with Crippen LogP contribution >= 0.6 is 11.8 Å². The lowest BCUT2D eigenvalue weighted by Crippen LogP contribution is -2.05. The molecule has 0 radical (unpaired) electrons. The van der Waals surface area contributed by atoms with E-state index < -0.39 is 0 Å². The van der Waals surface area contributed by atoms with Gasteiger partial charge in [-0.15, -0.1) is 0 Å². The Morgan fingerprint density at radius 2 is 1.88 bits per heavy atom. The van der Waals surface area contributed by atoms with E-state index in [9.17, 15) is 0 Å². The van der Waals surface area contributed by atoms with Crippen LogP contribution in [-0.4, -0.2) is 15.7 Å². The molecule has 0 bridgehead atoms. The van der Waals surface area contributed by atoms with Crippen LogP contribution in [0.4, 0.5) is 5.82 Å². The highest BCUT2D eigenvalue weighted by molar-refractivity contribution is 7.98. The first-order valence-electron chi connectivity index (χ1n) is 6.17. The summed E-state index contributed by atoms with van der Waals surface area (Å²) in [4.78, 5) is 8.84. The van der Waals surface area contributed by atoms with Gasteiger partial charge in [0.1, 0.15) is 11.6 Å². The molecular weight excluding hydrogens is 230 g/mol. The second-order valence-electron chi connectivity index (χ2n) is 5.21. The number of anilines is 1.